The molecule has 0 spiro atoms. The molecule has 6 nitrogen and oxygen atoms in total. The number of guanidine groups is 1. The predicted molar refractivity (Wildman–Crippen MR) is 91.7 cm³/mol. The summed E-state index contributed by atoms with van der Waals surface area (Å²) in [6, 6.07) is 5.54. The van der Waals surface area contributed by atoms with Crippen LogP contribution in [0, 0.1) is 0 Å². The van der Waals surface area contributed by atoms with E-state index in [1.165, 1.54) is 4.90 Å². The summed E-state index contributed by atoms with van der Waals surface area (Å²) in [6.45, 7) is 10.3. The first-order valence-corrected chi connectivity index (χ1v) is 7.59. The van der Waals surface area contributed by atoms with E-state index in [1.54, 1.807) is 0 Å². The normalized spacial score (nSPS) is 16.9. The lowest BCUT2D eigenvalue weighted by Crippen LogP contribution is -2.49. The Kier molecular flexibility index (Phi) is 4.63. The van der Waals surface area contributed by atoms with Crippen molar-refractivity contribution in [3.63, 3.8) is 0 Å². The number of nitrogens with two attached hydrogens (primary N) is 2. The van der Waals surface area contributed by atoms with Crippen LogP contribution in [0.15, 0.2) is 29.8 Å². The quantitative estimate of drug-likeness (QED) is 0.866. The number of carbonyl (C=O) groups is 1. The van der Waals surface area contributed by atoms with Crippen molar-refractivity contribution >= 4 is 17.6 Å². The molecule has 1 aliphatic heterocycles. The first kappa shape index (κ1) is 16.9. The van der Waals surface area contributed by atoms with Crippen LogP contribution < -0.4 is 16.2 Å². The van der Waals surface area contributed by atoms with E-state index < -0.39 is 5.54 Å². The SMILES string of the molecule is C=C(N)c1ccc(OCC)c(CN2C(=O)CC(C)(C)N=C2N)c1. The van der Waals surface area contributed by atoms with Gasteiger partial charge in [-0.05, 0) is 44.5 Å². The molecule has 0 radical (unpaired) electrons. The molecule has 23 heavy (non-hydrogen) atoms. The maximum Gasteiger partial charge on any atom is 0.232 e. The summed E-state index contributed by atoms with van der Waals surface area (Å²) < 4.78 is 5.64. The summed E-state index contributed by atoms with van der Waals surface area (Å²) in [4.78, 5) is 18.3. The van der Waals surface area contributed by atoms with E-state index in [4.69, 9.17) is 16.2 Å². The topological polar surface area (TPSA) is 93.9 Å². The first-order chi connectivity index (χ1) is 10.7. The zero-order valence-electron chi connectivity index (χ0n) is 13.9. The van der Waals surface area contributed by atoms with E-state index in [0.29, 0.717) is 31.0 Å². The van der Waals surface area contributed by atoms with Crippen LogP contribution in [0.1, 0.15) is 38.3 Å². The molecular formula is C17H24N4O2. The number of nitrogens with zero attached hydrogens (tertiary/aromatic N) is 2. The molecule has 1 aliphatic rings. The number of aliphatic imine (C=N–C) groups is 1. The van der Waals surface area contributed by atoms with Crippen molar-refractivity contribution in [2.24, 2.45) is 16.5 Å². The fraction of sp³-hybridized carbons (Fsp3) is 0.412. The lowest BCUT2D eigenvalue weighted by Gasteiger charge is -2.33. The zero-order valence-corrected chi connectivity index (χ0v) is 13.9. The number of amides is 1. The van der Waals surface area contributed by atoms with Crippen molar-refractivity contribution in [1.29, 1.82) is 0 Å². The van der Waals surface area contributed by atoms with Gasteiger partial charge in [0.1, 0.15) is 5.75 Å². The van der Waals surface area contributed by atoms with Crippen LogP contribution in [0.2, 0.25) is 0 Å². The minimum Gasteiger partial charge on any atom is -0.494 e. The van der Waals surface area contributed by atoms with E-state index in [1.807, 2.05) is 39.0 Å². The highest BCUT2D eigenvalue weighted by Crippen LogP contribution is 2.27. The van der Waals surface area contributed by atoms with Gasteiger partial charge in [0, 0.05) is 11.3 Å². The van der Waals surface area contributed by atoms with Gasteiger partial charge in [-0.2, -0.15) is 0 Å². The summed E-state index contributed by atoms with van der Waals surface area (Å²) >= 11 is 0. The number of benzene rings is 1. The van der Waals surface area contributed by atoms with Gasteiger partial charge in [-0.15, -0.1) is 0 Å². The molecule has 0 fully saturated rings. The van der Waals surface area contributed by atoms with E-state index >= 15 is 0 Å². The van der Waals surface area contributed by atoms with Gasteiger partial charge >= 0.3 is 0 Å². The largest absolute Gasteiger partial charge is 0.494 e. The molecule has 0 aromatic heterocycles. The van der Waals surface area contributed by atoms with Gasteiger partial charge in [-0.3, -0.25) is 9.69 Å². The van der Waals surface area contributed by atoms with E-state index in [2.05, 4.69) is 11.6 Å². The smallest absolute Gasteiger partial charge is 0.232 e. The Morgan fingerprint density at radius 3 is 2.74 bits per heavy atom. The van der Waals surface area contributed by atoms with Crippen molar-refractivity contribution in [3.8, 4) is 5.75 Å². The summed E-state index contributed by atoms with van der Waals surface area (Å²) in [7, 11) is 0. The van der Waals surface area contributed by atoms with Crippen LogP contribution in [0.4, 0.5) is 0 Å². The van der Waals surface area contributed by atoms with Gasteiger partial charge in [-0.1, -0.05) is 6.58 Å². The lowest BCUT2D eigenvalue weighted by molar-refractivity contribution is -0.129. The van der Waals surface area contributed by atoms with Crippen molar-refractivity contribution in [1.82, 2.24) is 4.90 Å². The average molecular weight is 316 g/mol. The highest BCUT2D eigenvalue weighted by Gasteiger charge is 2.32. The number of hydrogen-bond acceptors (Lipinski definition) is 5. The third-order valence-corrected chi connectivity index (χ3v) is 3.64. The number of rotatable bonds is 5. The van der Waals surface area contributed by atoms with E-state index in [9.17, 15) is 4.79 Å². The molecule has 1 heterocycles. The Bertz CT molecular complexity index is 665. The molecule has 0 unspecified atom stereocenters. The Labute approximate surface area is 136 Å². The molecule has 4 N–H and O–H groups in total. The third kappa shape index (κ3) is 3.83. The third-order valence-electron chi connectivity index (χ3n) is 3.64. The number of hydrogen-bond donors (Lipinski definition) is 2. The van der Waals surface area contributed by atoms with Crippen LogP contribution in [0.5, 0.6) is 5.75 Å². The monoisotopic (exact) mass is 316 g/mol. The molecule has 0 bridgehead atoms. The summed E-state index contributed by atoms with van der Waals surface area (Å²) in [5, 5.41) is 0. The second-order valence-electron chi connectivity index (χ2n) is 6.22. The van der Waals surface area contributed by atoms with Crippen molar-refractivity contribution in [3.05, 3.63) is 35.9 Å². The molecule has 6 heteroatoms. The average Bonchev–Trinajstić information content (AvgIpc) is 2.43. The lowest BCUT2D eigenvalue weighted by atomic mass is 9.98. The molecular weight excluding hydrogens is 292 g/mol. The minimum absolute atomic E-state index is 0.0538. The summed E-state index contributed by atoms with van der Waals surface area (Å²) in [6.07, 6.45) is 0.320. The fourth-order valence-corrected chi connectivity index (χ4v) is 2.54. The first-order valence-electron chi connectivity index (χ1n) is 7.59. The Balaban J connectivity index is 2.36. The fourth-order valence-electron chi connectivity index (χ4n) is 2.54. The maximum absolute atomic E-state index is 12.4. The number of carbonyl (C=O) groups excluding carboxylic acids is 1. The van der Waals surface area contributed by atoms with Crippen molar-refractivity contribution in [2.45, 2.75) is 39.3 Å². The standard InChI is InChI=1S/C17H24N4O2/c1-5-23-14-7-6-12(11(2)18)8-13(14)10-21-15(22)9-17(3,4)20-16(21)19/h6-8H,2,5,9-10,18H2,1,3-4H3,(H2,19,20). The van der Waals surface area contributed by atoms with E-state index in [-0.39, 0.29) is 11.9 Å². The summed E-state index contributed by atoms with van der Waals surface area (Å²) in [5.74, 6) is 0.871. The van der Waals surface area contributed by atoms with Crippen LogP contribution >= 0.6 is 0 Å². The highest BCUT2D eigenvalue weighted by molar-refractivity contribution is 5.99. The molecule has 1 amide bonds. The van der Waals surface area contributed by atoms with Gasteiger partial charge in [0.15, 0.2) is 5.96 Å². The maximum atomic E-state index is 12.4. The molecule has 1 aromatic carbocycles. The van der Waals surface area contributed by atoms with Crippen molar-refractivity contribution < 1.29 is 9.53 Å². The van der Waals surface area contributed by atoms with Crippen LogP contribution in [-0.4, -0.2) is 28.9 Å². The molecule has 124 valence electrons. The van der Waals surface area contributed by atoms with Gasteiger partial charge in [0.05, 0.1) is 25.1 Å². The van der Waals surface area contributed by atoms with Gasteiger partial charge in [0.2, 0.25) is 5.91 Å². The predicted octanol–water partition coefficient (Wildman–Crippen LogP) is 1.84. The molecule has 0 saturated carbocycles. The zero-order chi connectivity index (χ0) is 17.2. The second-order valence-corrected chi connectivity index (χ2v) is 6.22. The summed E-state index contributed by atoms with van der Waals surface area (Å²) in [5.41, 5.74) is 13.4. The Hall–Kier alpha value is -2.50. The van der Waals surface area contributed by atoms with Gasteiger partial charge < -0.3 is 16.2 Å². The van der Waals surface area contributed by atoms with Gasteiger partial charge in [-0.25, -0.2) is 4.99 Å². The van der Waals surface area contributed by atoms with Crippen LogP contribution in [-0.2, 0) is 11.3 Å². The molecule has 1 aromatic rings. The molecule has 0 atom stereocenters. The van der Waals surface area contributed by atoms with Gasteiger partial charge in [0.25, 0.3) is 0 Å². The van der Waals surface area contributed by atoms with Crippen LogP contribution in [0.25, 0.3) is 5.70 Å². The Morgan fingerprint density at radius 2 is 2.17 bits per heavy atom. The Morgan fingerprint density at radius 1 is 1.48 bits per heavy atom. The molecule has 0 aliphatic carbocycles. The van der Waals surface area contributed by atoms with E-state index in [0.717, 1.165) is 11.1 Å². The second kappa shape index (κ2) is 6.32. The highest BCUT2D eigenvalue weighted by atomic mass is 16.5. The minimum atomic E-state index is -0.464. The molecule has 2 rings (SSSR count). The molecule has 0 saturated heterocycles. The van der Waals surface area contributed by atoms with Crippen molar-refractivity contribution in [2.75, 3.05) is 6.61 Å². The number of ether oxygens (including phenoxy) is 1. The van der Waals surface area contributed by atoms with Crippen LogP contribution in [0.3, 0.4) is 0 Å².